The average molecular weight is 367 g/mol. The lowest BCUT2D eigenvalue weighted by molar-refractivity contribution is 0.0730. The van der Waals surface area contributed by atoms with Gasteiger partial charge in [-0.3, -0.25) is 4.79 Å². The molecule has 1 amide bonds. The van der Waals surface area contributed by atoms with Crippen molar-refractivity contribution in [1.82, 2.24) is 14.2 Å². The summed E-state index contributed by atoms with van der Waals surface area (Å²) in [6.45, 7) is 5.18. The molecule has 1 N–H and O–H groups in total. The van der Waals surface area contributed by atoms with Crippen LogP contribution in [-0.4, -0.2) is 55.0 Å². The second kappa shape index (κ2) is 7.60. The summed E-state index contributed by atoms with van der Waals surface area (Å²) in [5, 5.41) is 2.86. The Morgan fingerprint density at radius 2 is 1.96 bits per heavy atom. The first-order chi connectivity index (χ1) is 11.8. The van der Waals surface area contributed by atoms with E-state index in [1.165, 1.54) is 21.1 Å². The van der Waals surface area contributed by atoms with Crippen molar-refractivity contribution in [2.45, 2.75) is 37.1 Å². The number of amides is 1. The van der Waals surface area contributed by atoms with Crippen LogP contribution < -0.4 is 5.32 Å². The van der Waals surface area contributed by atoms with Crippen LogP contribution in [0.1, 0.15) is 37.2 Å². The fourth-order valence-corrected chi connectivity index (χ4v) is 4.27. The van der Waals surface area contributed by atoms with E-state index in [2.05, 4.69) is 11.2 Å². The molecule has 25 heavy (non-hydrogen) atoms. The van der Waals surface area contributed by atoms with Gasteiger partial charge >= 0.3 is 0 Å². The lowest BCUT2D eigenvalue weighted by atomic mass is 9.94. The van der Waals surface area contributed by atoms with Crippen LogP contribution in [0.2, 0.25) is 0 Å². The van der Waals surface area contributed by atoms with Crippen molar-refractivity contribution >= 4 is 15.9 Å². The third kappa shape index (κ3) is 3.89. The summed E-state index contributed by atoms with van der Waals surface area (Å²) >= 11 is 0. The van der Waals surface area contributed by atoms with Gasteiger partial charge in [-0.25, -0.2) is 8.42 Å². The van der Waals surface area contributed by atoms with E-state index in [0.29, 0.717) is 39.1 Å². The van der Waals surface area contributed by atoms with E-state index in [4.69, 9.17) is 11.2 Å². The Balaban J connectivity index is 2.28. The fourth-order valence-electron chi connectivity index (χ4n) is 2.79. The maximum absolute atomic E-state index is 12.7. The van der Waals surface area contributed by atoms with Crippen LogP contribution in [0, 0.1) is 12.3 Å². The summed E-state index contributed by atoms with van der Waals surface area (Å²) in [6.07, 6.45) is 8.22. The largest absolute Gasteiger partial charge is 0.379 e. The molecule has 2 heterocycles. The van der Waals surface area contributed by atoms with Crippen molar-refractivity contribution in [3.63, 3.8) is 0 Å². The third-order valence-electron chi connectivity index (χ3n) is 4.66. The normalized spacial score (nSPS) is 16.4. The van der Waals surface area contributed by atoms with Crippen LogP contribution in [0.25, 0.3) is 0 Å². The van der Waals surface area contributed by atoms with E-state index in [0.717, 1.165) is 0 Å². The van der Waals surface area contributed by atoms with Gasteiger partial charge in [-0.05, 0) is 18.9 Å². The van der Waals surface area contributed by atoms with Crippen LogP contribution >= 0.6 is 0 Å². The van der Waals surface area contributed by atoms with Gasteiger partial charge in [0.2, 0.25) is 10.0 Å². The molecule has 0 bridgehead atoms. The summed E-state index contributed by atoms with van der Waals surface area (Å²) in [6, 6.07) is 1.40. The first-order valence-corrected chi connectivity index (χ1v) is 9.78. The summed E-state index contributed by atoms with van der Waals surface area (Å²) in [7, 11) is -2.00. The van der Waals surface area contributed by atoms with E-state index >= 15 is 0 Å². The Morgan fingerprint density at radius 1 is 1.36 bits per heavy atom. The summed E-state index contributed by atoms with van der Waals surface area (Å²) in [5.74, 6) is 2.26. The number of terminal acetylenes is 1. The van der Waals surface area contributed by atoms with Crippen LogP contribution in [0.3, 0.4) is 0 Å². The SMILES string of the molecule is C#CC(CC)(CC)NC(=O)c1cc(S(=O)(=O)N2CCOCC2)cn1C. The molecule has 0 aliphatic carbocycles. The predicted octanol–water partition coefficient (Wildman–Crippen LogP) is 0.968. The number of ether oxygens (including phenoxy) is 1. The van der Waals surface area contributed by atoms with Crippen molar-refractivity contribution in [3.05, 3.63) is 18.0 Å². The van der Waals surface area contributed by atoms with Gasteiger partial charge in [0.25, 0.3) is 5.91 Å². The second-order valence-corrected chi connectivity index (χ2v) is 8.01. The summed E-state index contributed by atoms with van der Waals surface area (Å²) < 4.78 is 33.5. The number of rotatable bonds is 6. The number of carbonyl (C=O) groups excluding carboxylic acids is 1. The van der Waals surface area contributed by atoms with Gasteiger partial charge in [0.15, 0.2) is 0 Å². The zero-order valence-electron chi connectivity index (χ0n) is 14.9. The molecule has 1 saturated heterocycles. The van der Waals surface area contributed by atoms with Crippen molar-refractivity contribution in [1.29, 1.82) is 0 Å². The smallest absolute Gasteiger partial charge is 0.269 e. The number of aryl methyl sites for hydroxylation is 1. The highest BCUT2D eigenvalue weighted by Crippen LogP contribution is 2.21. The summed E-state index contributed by atoms with van der Waals surface area (Å²) in [4.78, 5) is 12.7. The van der Waals surface area contributed by atoms with Crippen molar-refractivity contribution in [2.75, 3.05) is 26.3 Å². The molecule has 0 saturated carbocycles. The minimum Gasteiger partial charge on any atom is -0.379 e. The number of morpholine rings is 1. The van der Waals surface area contributed by atoms with Crippen LogP contribution in [0.5, 0.6) is 0 Å². The third-order valence-corrected chi connectivity index (χ3v) is 6.52. The Labute approximate surface area is 149 Å². The molecule has 2 rings (SSSR count). The summed E-state index contributed by atoms with van der Waals surface area (Å²) in [5.41, 5.74) is -0.474. The molecular weight excluding hydrogens is 342 g/mol. The van der Waals surface area contributed by atoms with E-state index in [-0.39, 0.29) is 16.5 Å². The standard InChI is InChI=1S/C17H25N3O4S/c1-5-17(6-2,7-3)18-16(21)15-12-14(13-19(15)4)25(22,23)20-8-10-24-11-9-20/h1,12-13H,6-11H2,2-4H3,(H,18,21). The molecule has 1 aliphatic heterocycles. The number of sulfonamides is 1. The molecule has 0 radical (unpaired) electrons. The molecule has 8 heteroatoms. The number of hydrogen-bond acceptors (Lipinski definition) is 4. The van der Waals surface area contributed by atoms with Crippen molar-refractivity contribution in [2.24, 2.45) is 7.05 Å². The highest BCUT2D eigenvalue weighted by molar-refractivity contribution is 7.89. The number of hydrogen-bond donors (Lipinski definition) is 1. The fraction of sp³-hybridized carbons (Fsp3) is 0.588. The maximum atomic E-state index is 12.7. The highest BCUT2D eigenvalue weighted by Gasteiger charge is 2.31. The lowest BCUT2D eigenvalue weighted by Crippen LogP contribution is -2.46. The van der Waals surface area contributed by atoms with E-state index in [1.54, 1.807) is 7.05 Å². The first kappa shape index (κ1) is 19.5. The van der Waals surface area contributed by atoms with Crippen LogP contribution in [0.15, 0.2) is 17.2 Å². The average Bonchev–Trinajstić information content (AvgIpc) is 3.03. The molecule has 7 nitrogen and oxygen atoms in total. The van der Waals surface area contributed by atoms with Crippen molar-refractivity contribution < 1.29 is 17.9 Å². The molecule has 0 spiro atoms. The van der Waals surface area contributed by atoms with Gasteiger partial charge in [0, 0.05) is 26.3 Å². The Morgan fingerprint density at radius 3 is 2.48 bits per heavy atom. The molecule has 1 aromatic heterocycles. The molecule has 0 aromatic carbocycles. The number of carbonyl (C=O) groups is 1. The van der Waals surface area contributed by atoms with Gasteiger partial charge < -0.3 is 14.6 Å². The van der Waals surface area contributed by atoms with Crippen molar-refractivity contribution in [3.8, 4) is 12.3 Å². The Bertz CT molecular complexity index is 766. The number of nitrogens with zero attached hydrogens (tertiary/aromatic N) is 2. The quantitative estimate of drug-likeness (QED) is 0.760. The lowest BCUT2D eigenvalue weighted by Gasteiger charge is -2.27. The minimum absolute atomic E-state index is 0.0985. The Hall–Kier alpha value is -1.82. The number of aromatic nitrogens is 1. The topological polar surface area (TPSA) is 80.6 Å². The minimum atomic E-state index is -3.65. The predicted molar refractivity (Wildman–Crippen MR) is 94.6 cm³/mol. The van der Waals surface area contributed by atoms with E-state index in [1.807, 2.05) is 13.8 Å². The Kier molecular flexibility index (Phi) is 5.93. The monoisotopic (exact) mass is 367 g/mol. The molecule has 0 atom stereocenters. The van der Waals surface area contributed by atoms with Gasteiger partial charge in [0.1, 0.15) is 16.1 Å². The van der Waals surface area contributed by atoms with E-state index in [9.17, 15) is 13.2 Å². The zero-order valence-corrected chi connectivity index (χ0v) is 15.7. The molecule has 0 unspecified atom stereocenters. The van der Waals surface area contributed by atoms with Gasteiger partial charge in [0.05, 0.1) is 13.2 Å². The maximum Gasteiger partial charge on any atom is 0.269 e. The molecule has 1 aromatic rings. The van der Waals surface area contributed by atoms with Gasteiger partial charge in [-0.15, -0.1) is 6.42 Å². The molecular formula is C17H25N3O4S. The van der Waals surface area contributed by atoms with E-state index < -0.39 is 15.6 Å². The van der Waals surface area contributed by atoms with Crippen LogP contribution in [0.4, 0.5) is 0 Å². The van der Waals surface area contributed by atoms with Gasteiger partial charge in [-0.1, -0.05) is 19.8 Å². The molecule has 1 fully saturated rings. The molecule has 138 valence electrons. The highest BCUT2D eigenvalue weighted by atomic mass is 32.2. The second-order valence-electron chi connectivity index (χ2n) is 6.08. The van der Waals surface area contributed by atoms with Gasteiger partial charge in [-0.2, -0.15) is 4.31 Å². The zero-order chi connectivity index (χ0) is 18.7. The molecule has 1 aliphatic rings. The number of nitrogens with one attached hydrogen (secondary N) is 1. The van der Waals surface area contributed by atoms with Crippen LogP contribution in [-0.2, 0) is 21.8 Å². The first-order valence-electron chi connectivity index (χ1n) is 8.34.